The fourth-order valence-electron chi connectivity index (χ4n) is 7.97. The second kappa shape index (κ2) is 17.3. The van der Waals surface area contributed by atoms with Crippen LogP contribution in [0.4, 0.5) is 0 Å². The summed E-state index contributed by atoms with van der Waals surface area (Å²) in [6.07, 6.45) is 8.37. The average Bonchev–Trinajstić information content (AvgIpc) is 3.02. The molecule has 2 N–H and O–H groups in total. The number of aliphatic hydroxyl groups is 1. The van der Waals surface area contributed by atoms with Gasteiger partial charge in [-0.05, 0) is 69.7 Å². The number of hydrogen-bond donors (Lipinski definition) is 2. The van der Waals surface area contributed by atoms with Gasteiger partial charge in [0.2, 0.25) is 0 Å². The van der Waals surface area contributed by atoms with Crippen LogP contribution in [0.2, 0.25) is 0 Å². The number of hydrogen-bond acceptors (Lipinski definition) is 6. The molecule has 8 nitrogen and oxygen atoms in total. The fraction of sp³-hybridized carbons (Fsp3) is 0.778. The third kappa shape index (κ3) is 9.43. The highest BCUT2D eigenvalue weighted by Gasteiger charge is 2.54. The molecule has 4 rings (SSSR count). The number of amides is 1. The molecule has 1 amide bonds. The van der Waals surface area contributed by atoms with Gasteiger partial charge in [0, 0.05) is 37.1 Å². The number of carbonyl (C=O) groups excluding carboxylic acids is 1. The lowest BCUT2D eigenvalue weighted by molar-refractivity contribution is -0.890. The Morgan fingerprint density at radius 1 is 0.977 bits per heavy atom. The SMILES string of the molecule is CCN(CC)C1CCC2[C+](c3ccccc3C(=O)NCCC[N+](C)(C)CCOCCOCCO)C3CCC(C)CC3OC2C1. The summed E-state index contributed by atoms with van der Waals surface area (Å²) in [5.74, 6) is 3.06. The standard InChI is InChI=1S/C36H60N3O5/c1-6-38(7-2)28-14-16-32-34(26-28)44-33-25-27(3)13-15-31(33)35(32)29-11-8-9-12-30(29)36(41)37-17-10-18-39(4,5)19-21-42-23-24-43-22-20-40/h8-9,11-12,27-28,31-34,40H,6-7,10,13-26H2,1-5H3/q+1/p+1. The van der Waals surface area contributed by atoms with Gasteiger partial charge >= 0.3 is 5.91 Å². The average molecular weight is 616 g/mol. The van der Waals surface area contributed by atoms with Crippen LogP contribution in [-0.2, 0) is 14.2 Å². The van der Waals surface area contributed by atoms with Crippen molar-refractivity contribution in [3.63, 3.8) is 0 Å². The molecular formula is C36H61N3O5+2. The van der Waals surface area contributed by atoms with E-state index in [1.54, 1.807) is 0 Å². The van der Waals surface area contributed by atoms with Crippen LogP contribution >= 0.6 is 0 Å². The summed E-state index contributed by atoms with van der Waals surface area (Å²) in [6.45, 7) is 13.7. The Morgan fingerprint density at radius 3 is 2.39 bits per heavy atom. The zero-order chi connectivity index (χ0) is 31.5. The number of likely N-dealkylation sites (N-methyl/N-ethyl adjacent to an activating group) is 1. The summed E-state index contributed by atoms with van der Waals surface area (Å²) in [6, 6.07) is 8.97. The number of benzene rings is 1. The molecular weight excluding hydrogens is 554 g/mol. The Balaban J connectivity index is 1.37. The van der Waals surface area contributed by atoms with Crippen LogP contribution in [0.15, 0.2) is 24.3 Å². The minimum atomic E-state index is 0.0410. The quantitative estimate of drug-likeness (QED) is 0.152. The number of rotatable bonds is 17. The van der Waals surface area contributed by atoms with Gasteiger partial charge in [0.1, 0.15) is 17.7 Å². The fourth-order valence-corrected chi connectivity index (χ4v) is 7.97. The predicted molar refractivity (Wildman–Crippen MR) is 176 cm³/mol. The molecule has 1 heterocycles. The molecule has 0 spiro atoms. The lowest BCUT2D eigenvalue weighted by Gasteiger charge is -2.51. The first-order valence-corrected chi connectivity index (χ1v) is 17.5. The minimum absolute atomic E-state index is 0.0410. The molecule has 3 fully saturated rings. The van der Waals surface area contributed by atoms with Gasteiger partial charge in [0.05, 0.1) is 77.7 Å². The van der Waals surface area contributed by atoms with Gasteiger partial charge in [0.25, 0.3) is 0 Å². The summed E-state index contributed by atoms with van der Waals surface area (Å²) in [5, 5.41) is 12.0. The maximum absolute atomic E-state index is 13.7. The Hall–Kier alpha value is -1.68. The lowest BCUT2D eigenvalue weighted by Crippen LogP contribution is -2.54. The molecule has 1 aromatic carbocycles. The first-order valence-electron chi connectivity index (χ1n) is 17.5. The van der Waals surface area contributed by atoms with Crippen molar-refractivity contribution in [1.29, 1.82) is 0 Å². The summed E-state index contributed by atoms with van der Waals surface area (Å²) >= 11 is 0. The molecule has 1 aromatic rings. The molecule has 0 radical (unpaired) electrons. The van der Waals surface area contributed by atoms with Crippen molar-refractivity contribution < 1.29 is 28.6 Å². The number of nitrogens with one attached hydrogen (secondary N) is 1. The highest BCUT2D eigenvalue weighted by atomic mass is 16.5. The van der Waals surface area contributed by atoms with Gasteiger partial charge in [-0.1, -0.05) is 20.8 Å². The molecule has 1 aliphatic heterocycles. The van der Waals surface area contributed by atoms with Crippen LogP contribution in [0.25, 0.3) is 0 Å². The zero-order valence-electron chi connectivity index (χ0n) is 28.3. The maximum atomic E-state index is 13.7. The molecule has 2 saturated carbocycles. The highest BCUT2D eigenvalue weighted by Crippen LogP contribution is 2.53. The van der Waals surface area contributed by atoms with Gasteiger partial charge in [-0.3, -0.25) is 4.79 Å². The van der Waals surface area contributed by atoms with Crippen molar-refractivity contribution in [3.05, 3.63) is 41.3 Å². The van der Waals surface area contributed by atoms with Crippen LogP contribution in [0.1, 0.15) is 81.6 Å². The topological polar surface area (TPSA) is 80.3 Å². The van der Waals surface area contributed by atoms with Crippen molar-refractivity contribution >= 4 is 5.91 Å². The Kier molecular flexibility index (Phi) is 13.8. The highest BCUT2D eigenvalue weighted by molar-refractivity contribution is 5.96. The van der Waals surface area contributed by atoms with Crippen LogP contribution in [0, 0.1) is 23.7 Å². The summed E-state index contributed by atoms with van der Waals surface area (Å²) in [5.41, 5.74) is 2.00. The lowest BCUT2D eigenvalue weighted by atomic mass is 9.60. The van der Waals surface area contributed by atoms with E-state index in [1.165, 1.54) is 24.3 Å². The molecule has 3 aliphatic rings. The van der Waals surface area contributed by atoms with E-state index >= 15 is 0 Å². The summed E-state index contributed by atoms with van der Waals surface area (Å²) in [4.78, 5) is 16.3. The van der Waals surface area contributed by atoms with E-state index in [4.69, 9.17) is 19.3 Å². The Morgan fingerprint density at radius 2 is 1.66 bits per heavy atom. The van der Waals surface area contributed by atoms with Crippen molar-refractivity contribution in [1.82, 2.24) is 10.2 Å². The number of quaternary nitrogens is 1. The first-order chi connectivity index (χ1) is 21.3. The third-order valence-corrected chi connectivity index (χ3v) is 10.5. The number of nitrogens with zero attached hydrogens (tertiary/aromatic N) is 2. The molecule has 6 atom stereocenters. The normalized spacial score (nSPS) is 27.2. The second-order valence-corrected chi connectivity index (χ2v) is 14.0. The molecule has 8 heteroatoms. The van der Waals surface area contributed by atoms with Crippen molar-refractivity contribution in [2.45, 2.75) is 84.0 Å². The van der Waals surface area contributed by atoms with E-state index in [-0.39, 0.29) is 24.7 Å². The van der Waals surface area contributed by atoms with Gasteiger partial charge in [-0.15, -0.1) is 0 Å². The van der Waals surface area contributed by atoms with E-state index < -0.39 is 0 Å². The molecule has 44 heavy (non-hydrogen) atoms. The molecule has 6 unspecified atom stereocenters. The van der Waals surface area contributed by atoms with Crippen LogP contribution in [0.3, 0.4) is 0 Å². The van der Waals surface area contributed by atoms with Gasteiger partial charge < -0.3 is 34.0 Å². The summed E-state index contributed by atoms with van der Waals surface area (Å²) in [7, 11) is 4.41. The van der Waals surface area contributed by atoms with E-state index in [9.17, 15) is 4.79 Å². The number of aliphatic hydroxyl groups excluding tert-OH is 1. The monoisotopic (exact) mass is 615 g/mol. The van der Waals surface area contributed by atoms with Crippen molar-refractivity contribution in [2.24, 2.45) is 17.8 Å². The van der Waals surface area contributed by atoms with Gasteiger partial charge in [0.15, 0.2) is 0 Å². The maximum Gasteiger partial charge on any atom is 0.308 e. The molecule has 1 saturated heterocycles. The molecule has 0 aromatic heterocycles. The first kappa shape index (κ1) is 35.2. The Bertz CT molecular complexity index is 1000. The van der Waals surface area contributed by atoms with Crippen LogP contribution in [0.5, 0.6) is 0 Å². The van der Waals surface area contributed by atoms with Crippen molar-refractivity contribution in [2.75, 3.05) is 79.9 Å². The van der Waals surface area contributed by atoms with E-state index in [0.29, 0.717) is 56.8 Å². The number of ether oxygens (including phenoxy) is 3. The molecule has 0 bridgehead atoms. The predicted octanol–water partition coefficient (Wildman–Crippen LogP) is 4.55. The number of fused-ring (bicyclic) bond motifs is 2. The van der Waals surface area contributed by atoms with Gasteiger partial charge in [-0.25, -0.2) is 0 Å². The largest absolute Gasteiger partial charge is 0.394 e. The third-order valence-electron chi connectivity index (χ3n) is 10.5. The molecule has 2 aliphatic carbocycles. The molecule has 248 valence electrons. The zero-order valence-corrected chi connectivity index (χ0v) is 28.3. The van der Waals surface area contributed by atoms with E-state index in [2.05, 4.69) is 57.2 Å². The smallest absolute Gasteiger partial charge is 0.308 e. The second-order valence-electron chi connectivity index (χ2n) is 14.0. The van der Waals surface area contributed by atoms with Crippen LogP contribution in [-0.4, -0.2) is 118 Å². The minimum Gasteiger partial charge on any atom is -0.394 e. The van der Waals surface area contributed by atoms with E-state index in [1.807, 2.05) is 12.1 Å². The van der Waals surface area contributed by atoms with Gasteiger partial charge in [-0.2, -0.15) is 0 Å². The number of carbonyl (C=O) groups is 1. The van der Waals surface area contributed by atoms with Crippen LogP contribution < -0.4 is 5.32 Å². The Labute approximate surface area is 267 Å². The van der Waals surface area contributed by atoms with Crippen molar-refractivity contribution in [3.8, 4) is 0 Å². The summed E-state index contributed by atoms with van der Waals surface area (Å²) < 4.78 is 18.8. The van der Waals surface area contributed by atoms with E-state index in [0.717, 1.165) is 68.3 Å².